The van der Waals surface area contributed by atoms with Crippen molar-refractivity contribution in [1.82, 2.24) is 19.3 Å². The van der Waals surface area contributed by atoms with Gasteiger partial charge in [-0.05, 0) is 32.0 Å². The van der Waals surface area contributed by atoms with Crippen molar-refractivity contribution < 1.29 is 4.39 Å². The third kappa shape index (κ3) is 1.81. The van der Waals surface area contributed by atoms with E-state index in [0.29, 0.717) is 23.4 Å². The molecule has 1 aromatic carbocycles. The molecule has 5 nitrogen and oxygen atoms in total. The maximum absolute atomic E-state index is 14.1. The van der Waals surface area contributed by atoms with Gasteiger partial charge in [-0.3, -0.25) is 4.57 Å². The van der Waals surface area contributed by atoms with Crippen LogP contribution in [0.5, 0.6) is 0 Å². The molecule has 2 aromatic heterocycles. The molecule has 3 aromatic rings. The number of benzene rings is 1. The van der Waals surface area contributed by atoms with Crippen molar-refractivity contribution in [2.75, 3.05) is 5.73 Å². The smallest absolute Gasteiger partial charge is 0.207 e. The van der Waals surface area contributed by atoms with E-state index in [4.69, 9.17) is 5.73 Å². The largest absolute Gasteiger partial charge is 0.369 e. The van der Waals surface area contributed by atoms with E-state index in [-0.39, 0.29) is 11.8 Å². The Morgan fingerprint density at radius 2 is 2.15 bits per heavy atom. The van der Waals surface area contributed by atoms with Gasteiger partial charge < -0.3 is 5.73 Å². The summed E-state index contributed by atoms with van der Waals surface area (Å²) in [6.45, 7) is 4.49. The molecule has 0 atom stereocenters. The fourth-order valence-electron chi connectivity index (χ4n) is 2.30. The van der Waals surface area contributed by atoms with E-state index in [1.807, 2.05) is 13.8 Å². The Bertz CT molecular complexity index is 805. The minimum atomic E-state index is -0.360. The fraction of sp³-hybridized carbons (Fsp3) is 0.231. The van der Waals surface area contributed by atoms with E-state index in [0.717, 1.165) is 10.2 Å². The van der Waals surface area contributed by atoms with E-state index >= 15 is 0 Å². The first-order valence-corrected chi connectivity index (χ1v) is 6.99. The molecule has 20 heavy (non-hydrogen) atoms. The molecule has 0 spiro atoms. The highest BCUT2D eigenvalue weighted by Crippen LogP contribution is 2.28. The number of nitrogens with zero attached hydrogens (tertiary/aromatic N) is 4. The van der Waals surface area contributed by atoms with Gasteiger partial charge in [0.15, 0.2) is 5.65 Å². The van der Waals surface area contributed by atoms with E-state index < -0.39 is 0 Å². The van der Waals surface area contributed by atoms with Gasteiger partial charge in [-0.2, -0.15) is 5.10 Å². The number of fused-ring (bicyclic) bond motifs is 1. The van der Waals surface area contributed by atoms with Crippen LogP contribution in [0.25, 0.3) is 16.9 Å². The standard InChI is InChI=1S/C13H13BrFN5/c1-3-19-12-11(7(2)18-19)17-13(16)20(12)10-6-8(14)4-5-9(10)15/h4-6H,3H2,1-2H3,(H2,16,17). The van der Waals surface area contributed by atoms with Gasteiger partial charge in [-0.15, -0.1) is 0 Å². The minimum absolute atomic E-state index is 0.250. The molecule has 0 aliphatic heterocycles. The summed E-state index contributed by atoms with van der Waals surface area (Å²) in [6.07, 6.45) is 0. The van der Waals surface area contributed by atoms with Crippen LogP contribution in [0, 0.1) is 12.7 Å². The summed E-state index contributed by atoms with van der Waals surface area (Å²) in [6, 6.07) is 4.71. The molecule has 0 radical (unpaired) electrons. The van der Waals surface area contributed by atoms with E-state index in [9.17, 15) is 4.39 Å². The molecular weight excluding hydrogens is 325 g/mol. The highest BCUT2D eigenvalue weighted by Gasteiger charge is 2.19. The summed E-state index contributed by atoms with van der Waals surface area (Å²) in [5.41, 5.74) is 8.51. The number of hydrogen-bond acceptors (Lipinski definition) is 3. The number of anilines is 1. The average molecular weight is 338 g/mol. The lowest BCUT2D eigenvalue weighted by Crippen LogP contribution is -2.08. The zero-order valence-electron chi connectivity index (χ0n) is 11.1. The number of aryl methyl sites for hydroxylation is 2. The SMILES string of the molecule is CCn1nc(C)c2nc(N)n(-c3cc(Br)ccc3F)c21. The molecule has 7 heteroatoms. The van der Waals surface area contributed by atoms with Crippen molar-refractivity contribution >= 4 is 33.0 Å². The van der Waals surface area contributed by atoms with Crippen LogP contribution in [0.1, 0.15) is 12.6 Å². The van der Waals surface area contributed by atoms with Gasteiger partial charge >= 0.3 is 0 Å². The number of nitrogens with two attached hydrogens (primary N) is 1. The van der Waals surface area contributed by atoms with Crippen LogP contribution in [0.4, 0.5) is 10.3 Å². The summed E-state index contributed by atoms with van der Waals surface area (Å²) in [5.74, 6) is -0.111. The highest BCUT2D eigenvalue weighted by molar-refractivity contribution is 9.10. The van der Waals surface area contributed by atoms with Gasteiger partial charge in [0.25, 0.3) is 0 Å². The first-order chi connectivity index (χ1) is 9.52. The van der Waals surface area contributed by atoms with Crippen molar-refractivity contribution in [2.45, 2.75) is 20.4 Å². The maximum atomic E-state index is 14.1. The van der Waals surface area contributed by atoms with Crippen LogP contribution >= 0.6 is 15.9 Å². The van der Waals surface area contributed by atoms with Gasteiger partial charge in [-0.1, -0.05) is 15.9 Å². The highest BCUT2D eigenvalue weighted by atomic mass is 79.9. The van der Waals surface area contributed by atoms with Crippen molar-refractivity contribution in [1.29, 1.82) is 0 Å². The quantitative estimate of drug-likeness (QED) is 0.781. The van der Waals surface area contributed by atoms with Gasteiger partial charge in [-0.25, -0.2) is 14.1 Å². The Balaban J connectivity index is 2.41. The lowest BCUT2D eigenvalue weighted by atomic mass is 10.3. The fourth-order valence-corrected chi connectivity index (χ4v) is 2.65. The molecule has 0 unspecified atom stereocenters. The summed E-state index contributed by atoms with van der Waals surface area (Å²) in [7, 11) is 0. The van der Waals surface area contributed by atoms with Gasteiger partial charge in [0.2, 0.25) is 5.95 Å². The number of halogens is 2. The first kappa shape index (κ1) is 13.1. The molecule has 0 saturated carbocycles. The molecule has 0 saturated heterocycles. The van der Waals surface area contributed by atoms with Crippen molar-refractivity contribution in [3.63, 3.8) is 0 Å². The summed E-state index contributed by atoms with van der Waals surface area (Å²) in [4.78, 5) is 4.30. The average Bonchev–Trinajstić information content (AvgIpc) is 2.90. The van der Waals surface area contributed by atoms with Crippen LogP contribution in [-0.2, 0) is 6.54 Å². The number of nitrogen functional groups attached to an aromatic ring is 1. The Morgan fingerprint density at radius 3 is 2.85 bits per heavy atom. The molecule has 0 aliphatic rings. The summed E-state index contributed by atoms with van der Waals surface area (Å²) >= 11 is 3.35. The monoisotopic (exact) mass is 337 g/mol. The van der Waals surface area contributed by atoms with Crippen LogP contribution < -0.4 is 5.73 Å². The van der Waals surface area contributed by atoms with Crippen LogP contribution in [-0.4, -0.2) is 19.3 Å². The van der Waals surface area contributed by atoms with Crippen LogP contribution in [0.2, 0.25) is 0 Å². The summed E-state index contributed by atoms with van der Waals surface area (Å²) < 4.78 is 18.3. The van der Waals surface area contributed by atoms with E-state index in [2.05, 4.69) is 26.0 Å². The normalized spacial score (nSPS) is 11.4. The number of hydrogen-bond donors (Lipinski definition) is 1. The molecule has 0 amide bonds. The van der Waals surface area contributed by atoms with Crippen molar-refractivity contribution in [3.05, 3.63) is 34.2 Å². The summed E-state index contributed by atoms with van der Waals surface area (Å²) in [5, 5.41) is 4.39. The molecule has 3 rings (SSSR count). The van der Waals surface area contributed by atoms with Crippen molar-refractivity contribution in [3.8, 4) is 5.69 Å². The third-order valence-electron chi connectivity index (χ3n) is 3.19. The first-order valence-electron chi connectivity index (χ1n) is 6.19. The number of imidazole rings is 1. The second kappa shape index (κ2) is 4.59. The number of rotatable bonds is 2. The van der Waals surface area contributed by atoms with Crippen molar-refractivity contribution in [2.24, 2.45) is 0 Å². The van der Waals surface area contributed by atoms with E-state index in [1.165, 1.54) is 6.07 Å². The molecule has 0 bridgehead atoms. The zero-order valence-corrected chi connectivity index (χ0v) is 12.6. The molecular formula is C13H13BrFN5. The predicted octanol–water partition coefficient (Wildman–Crippen LogP) is 3.03. The topological polar surface area (TPSA) is 61.7 Å². The second-order valence-corrected chi connectivity index (χ2v) is 5.39. The zero-order chi connectivity index (χ0) is 14.4. The van der Waals surface area contributed by atoms with Crippen LogP contribution in [0.15, 0.2) is 22.7 Å². The molecule has 2 heterocycles. The minimum Gasteiger partial charge on any atom is -0.369 e. The molecule has 0 aliphatic carbocycles. The Hall–Kier alpha value is -1.89. The van der Waals surface area contributed by atoms with Gasteiger partial charge in [0.1, 0.15) is 11.3 Å². The number of aromatic nitrogens is 4. The Morgan fingerprint density at radius 1 is 1.40 bits per heavy atom. The van der Waals surface area contributed by atoms with Gasteiger partial charge in [0.05, 0.1) is 11.4 Å². The maximum Gasteiger partial charge on any atom is 0.207 e. The third-order valence-corrected chi connectivity index (χ3v) is 3.68. The van der Waals surface area contributed by atoms with Gasteiger partial charge in [0, 0.05) is 11.0 Å². The Kier molecular flexibility index (Phi) is 3.01. The Labute approximate surface area is 123 Å². The van der Waals surface area contributed by atoms with Crippen LogP contribution in [0.3, 0.4) is 0 Å². The molecule has 0 fully saturated rings. The predicted molar refractivity (Wildman–Crippen MR) is 79.3 cm³/mol. The lowest BCUT2D eigenvalue weighted by molar-refractivity contribution is 0.614. The molecule has 2 N–H and O–H groups in total. The molecule has 104 valence electrons. The second-order valence-electron chi connectivity index (χ2n) is 4.47. The lowest BCUT2D eigenvalue weighted by Gasteiger charge is -2.09. The van der Waals surface area contributed by atoms with E-state index in [1.54, 1.807) is 21.4 Å².